The zero-order valence-corrected chi connectivity index (χ0v) is 17.6. The van der Waals surface area contributed by atoms with Crippen LogP contribution in [0.15, 0.2) is 23.3 Å². The molecule has 0 aromatic carbocycles. The van der Waals surface area contributed by atoms with Crippen LogP contribution >= 0.6 is 24.0 Å². The van der Waals surface area contributed by atoms with Crippen LogP contribution < -0.4 is 5.32 Å². The Balaban J connectivity index is 0.00000243. The number of hydrogen-bond donors (Lipinski definition) is 1. The Bertz CT molecular complexity index is 679. The minimum absolute atomic E-state index is 0. The molecule has 0 bridgehead atoms. The third-order valence-corrected chi connectivity index (χ3v) is 4.11. The van der Waals surface area contributed by atoms with Gasteiger partial charge in [0.05, 0.1) is 24.8 Å². The first-order chi connectivity index (χ1) is 11.8. The van der Waals surface area contributed by atoms with E-state index in [4.69, 9.17) is 4.74 Å². The Kier molecular flexibility index (Phi) is 6.64. The van der Waals surface area contributed by atoms with Gasteiger partial charge in [-0.1, -0.05) is 0 Å². The normalized spacial score (nSPS) is 19.4. The summed E-state index contributed by atoms with van der Waals surface area (Å²) in [4.78, 5) is 24.6. The van der Waals surface area contributed by atoms with Crippen LogP contribution in [-0.2, 0) is 11.3 Å². The molecule has 0 radical (unpaired) electrons. The molecule has 1 atom stereocenters. The fourth-order valence-electron chi connectivity index (χ4n) is 2.93. The number of aliphatic imine (C=N–C) groups is 1. The lowest BCUT2D eigenvalue weighted by Gasteiger charge is -2.39. The van der Waals surface area contributed by atoms with E-state index in [9.17, 15) is 9.18 Å². The molecule has 1 aromatic rings. The Hall–Kier alpha value is -1.65. The van der Waals surface area contributed by atoms with E-state index in [1.54, 1.807) is 17.2 Å². The second-order valence-corrected chi connectivity index (χ2v) is 7.22. The number of nitrogens with zero attached hydrogens (tertiary/aromatic N) is 4. The molecule has 2 aliphatic heterocycles. The van der Waals surface area contributed by atoms with Crippen LogP contribution in [0.25, 0.3) is 0 Å². The number of aromatic nitrogens is 1. The summed E-state index contributed by atoms with van der Waals surface area (Å²) in [6.45, 7) is 8.28. The number of nitrogens with one attached hydrogen (secondary N) is 1. The van der Waals surface area contributed by atoms with Crippen molar-refractivity contribution in [2.24, 2.45) is 4.99 Å². The van der Waals surface area contributed by atoms with Crippen LogP contribution in [0.1, 0.15) is 26.5 Å². The van der Waals surface area contributed by atoms with Crippen molar-refractivity contribution in [1.82, 2.24) is 20.1 Å². The average molecular weight is 477 g/mol. The van der Waals surface area contributed by atoms with Crippen LogP contribution in [0.5, 0.6) is 0 Å². The molecule has 1 unspecified atom stereocenters. The second-order valence-electron chi connectivity index (χ2n) is 7.22. The molecule has 26 heavy (non-hydrogen) atoms. The number of hydrogen-bond acceptors (Lipinski definition) is 6. The van der Waals surface area contributed by atoms with Crippen molar-refractivity contribution in [3.63, 3.8) is 0 Å². The molecule has 1 fully saturated rings. The van der Waals surface area contributed by atoms with Crippen LogP contribution in [0.2, 0.25) is 0 Å². The summed E-state index contributed by atoms with van der Waals surface area (Å²) in [5.74, 6) is 0.402. The molecule has 1 aromatic heterocycles. The Morgan fingerprint density at radius 1 is 1.42 bits per heavy atom. The van der Waals surface area contributed by atoms with Gasteiger partial charge in [0.1, 0.15) is 11.4 Å². The number of carbonyl (C=O) groups is 1. The highest BCUT2D eigenvalue weighted by molar-refractivity contribution is 14.0. The van der Waals surface area contributed by atoms with Gasteiger partial charge in [-0.15, -0.1) is 24.0 Å². The molecule has 1 saturated heterocycles. The molecular weight excluding hydrogens is 452 g/mol. The number of pyridine rings is 1. The summed E-state index contributed by atoms with van der Waals surface area (Å²) in [6.07, 6.45) is 1.28. The summed E-state index contributed by atoms with van der Waals surface area (Å²) in [6, 6.07) is 3.08. The van der Waals surface area contributed by atoms with Gasteiger partial charge >= 0.3 is 6.09 Å². The largest absolute Gasteiger partial charge is 0.444 e. The molecule has 0 spiro atoms. The van der Waals surface area contributed by atoms with E-state index in [1.807, 2.05) is 20.8 Å². The monoisotopic (exact) mass is 477 g/mol. The first-order valence-corrected chi connectivity index (χ1v) is 8.46. The maximum absolute atomic E-state index is 13.7. The highest BCUT2D eigenvalue weighted by atomic mass is 127. The fourth-order valence-corrected chi connectivity index (χ4v) is 2.93. The lowest BCUT2D eigenvalue weighted by Crippen LogP contribution is -2.57. The van der Waals surface area contributed by atoms with E-state index >= 15 is 0 Å². The van der Waals surface area contributed by atoms with E-state index in [-0.39, 0.29) is 48.5 Å². The molecule has 7 nitrogen and oxygen atoms in total. The number of fused-ring (bicyclic) bond motifs is 1. The van der Waals surface area contributed by atoms with Crippen molar-refractivity contribution in [3.8, 4) is 0 Å². The third-order valence-electron chi connectivity index (χ3n) is 4.11. The van der Waals surface area contributed by atoms with Gasteiger partial charge in [-0.3, -0.25) is 9.98 Å². The molecule has 9 heteroatoms. The van der Waals surface area contributed by atoms with Gasteiger partial charge in [0, 0.05) is 25.8 Å². The van der Waals surface area contributed by atoms with Crippen molar-refractivity contribution in [2.75, 3.05) is 26.2 Å². The highest BCUT2D eigenvalue weighted by Crippen LogP contribution is 2.18. The predicted molar refractivity (Wildman–Crippen MR) is 107 cm³/mol. The Labute approximate surface area is 170 Å². The molecule has 0 saturated carbocycles. The summed E-state index contributed by atoms with van der Waals surface area (Å²) < 4.78 is 19.1. The summed E-state index contributed by atoms with van der Waals surface area (Å²) >= 11 is 0. The lowest BCUT2D eigenvalue weighted by atomic mass is 10.2. The quantitative estimate of drug-likeness (QED) is 0.662. The number of amides is 1. The number of rotatable bonds is 2. The summed E-state index contributed by atoms with van der Waals surface area (Å²) in [5, 5.41) is 3.16. The third kappa shape index (κ3) is 4.95. The minimum atomic E-state index is -0.500. The van der Waals surface area contributed by atoms with Gasteiger partial charge in [0.15, 0.2) is 5.96 Å². The summed E-state index contributed by atoms with van der Waals surface area (Å²) in [5.41, 5.74) is -0.138. The standard InChI is InChI=1S/C17H24FN5O2.HI/c1-17(2,3)25-16(24)22-7-8-23-12(11-22)9-20-15(23)21-10-14-13(18)5-4-6-19-14;/h4-6,12H,7-11H2,1-3H3,(H,20,21);1H. The Morgan fingerprint density at radius 2 is 2.19 bits per heavy atom. The SMILES string of the molecule is CC(C)(C)OC(=O)N1CCN2C(NCc3ncccc3F)=NCC2C1.I. The first kappa shape index (κ1) is 20.7. The molecule has 3 heterocycles. The van der Waals surface area contributed by atoms with Crippen LogP contribution in [0, 0.1) is 5.82 Å². The molecule has 1 amide bonds. The number of ether oxygens (including phenoxy) is 1. The van der Waals surface area contributed by atoms with E-state index in [2.05, 4.69) is 20.2 Å². The zero-order valence-electron chi connectivity index (χ0n) is 15.2. The summed E-state index contributed by atoms with van der Waals surface area (Å²) in [7, 11) is 0. The van der Waals surface area contributed by atoms with Crippen molar-refractivity contribution >= 4 is 36.0 Å². The number of halogens is 2. The highest BCUT2D eigenvalue weighted by Gasteiger charge is 2.36. The molecule has 0 aliphatic carbocycles. The van der Waals surface area contributed by atoms with Crippen molar-refractivity contribution in [1.29, 1.82) is 0 Å². The smallest absolute Gasteiger partial charge is 0.410 e. The zero-order chi connectivity index (χ0) is 18.0. The van der Waals surface area contributed by atoms with Crippen LogP contribution in [0.4, 0.5) is 9.18 Å². The van der Waals surface area contributed by atoms with Crippen LogP contribution in [0.3, 0.4) is 0 Å². The second kappa shape index (κ2) is 8.36. The fraction of sp³-hybridized carbons (Fsp3) is 0.588. The number of guanidine groups is 1. The number of piperazine rings is 1. The van der Waals surface area contributed by atoms with Crippen molar-refractivity contribution in [3.05, 3.63) is 29.8 Å². The van der Waals surface area contributed by atoms with E-state index in [0.29, 0.717) is 31.9 Å². The van der Waals surface area contributed by atoms with E-state index in [0.717, 1.165) is 5.96 Å². The molecular formula is C17H25FIN5O2. The maximum atomic E-state index is 13.7. The lowest BCUT2D eigenvalue weighted by molar-refractivity contribution is 0.0137. The van der Waals surface area contributed by atoms with Gasteiger partial charge in [0.25, 0.3) is 0 Å². The van der Waals surface area contributed by atoms with Gasteiger partial charge in [0.2, 0.25) is 0 Å². The van der Waals surface area contributed by atoms with Gasteiger partial charge < -0.3 is 19.9 Å². The van der Waals surface area contributed by atoms with Crippen molar-refractivity contribution < 1.29 is 13.9 Å². The van der Waals surface area contributed by atoms with Gasteiger partial charge in [-0.05, 0) is 32.9 Å². The van der Waals surface area contributed by atoms with Crippen LogP contribution in [-0.4, -0.2) is 64.7 Å². The van der Waals surface area contributed by atoms with Gasteiger partial charge in [-0.25, -0.2) is 9.18 Å². The molecule has 3 rings (SSSR count). The number of carbonyl (C=O) groups excluding carboxylic acids is 1. The maximum Gasteiger partial charge on any atom is 0.410 e. The van der Waals surface area contributed by atoms with Gasteiger partial charge in [-0.2, -0.15) is 0 Å². The Morgan fingerprint density at radius 3 is 2.88 bits per heavy atom. The average Bonchev–Trinajstić information content (AvgIpc) is 2.95. The van der Waals surface area contributed by atoms with Crippen molar-refractivity contribution in [2.45, 2.75) is 39.0 Å². The van der Waals surface area contributed by atoms with E-state index < -0.39 is 5.60 Å². The molecule has 144 valence electrons. The minimum Gasteiger partial charge on any atom is -0.444 e. The predicted octanol–water partition coefficient (Wildman–Crippen LogP) is 2.22. The van der Waals surface area contributed by atoms with E-state index in [1.165, 1.54) is 6.07 Å². The molecule has 1 N–H and O–H groups in total. The topological polar surface area (TPSA) is 70.1 Å². The first-order valence-electron chi connectivity index (χ1n) is 8.46. The molecule has 2 aliphatic rings.